The van der Waals surface area contributed by atoms with Crippen molar-refractivity contribution in [3.63, 3.8) is 0 Å². The highest BCUT2D eigenvalue weighted by Gasteiger charge is 2.42. The van der Waals surface area contributed by atoms with Crippen molar-refractivity contribution in [1.29, 1.82) is 0 Å². The number of amides is 1. The SMILES string of the molecule is CN1CC[C@@](O)(C#Cc2cccc(-c3cc(N)cc(Cl)n3)c2)C1=O. The van der Waals surface area contributed by atoms with Crippen molar-refractivity contribution in [2.24, 2.45) is 0 Å². The summed E-state index contributed by atoms with van der Waals surface area (Å²) in [4.78, 5) is 17.7. The fraction of sp³-hybridized carbons (Fsp3) is 0.222. The van der Waals surface area contributed by atoms with Crippen molar-refractivity contribution < 1.29 is 9.90 Å². The summed E-state index contributed by atoms with van der Waals surface area (Å²) in [6, 6.07) is 10.6. The monoisotopic (exact) mass is 341 g/mol. The lowest BCUT2D eigenvalue weighted by Crippen LogP contribution is -2.37. The van der Waals surface area contributed by atoms with Gasteiger partial charge in [0.15, 0.2) is 0 Å². The molecule has 0 radical (unpaired) electrons. The van der Waals surface area contributed by atoms with E-state index in [2.05, 4.69) is 16.8 Å². The zero-order chi connectivity index (χ0) is 17.3. The smallest absolute Gasteiger partial charge is 0.267 e. The minimum Gasteiger partial charge on any atom is -0.399 e. The lowest BCUT2D eigenvalue weighted by Gasteiger charge is -2.13. The van der Waals surface area contributed by atoms with Gasteiger partial charge in [-0.3, -0.25) is 4.79 Å². The Morgan fingerprint density at radius 1 is 1.38 bits per heavy atom. The number of benzene rings is 1. The predicted molar refractivity (Wildman–Crippen MR) is 93.2 cm³/mol. The van der Waals surface area contributed by atoms with E-state index in [4.69, 9.17) is 17.3 Å². The molecule has 1 aliphatic rings. The normalized spacial score (nSPS) is 20.0. The third-order valence-electron chi connectivity index (χ3n) is 3.90. The molecule has 1 saturated heterocycles. The number of hydrogen-bond acceptors (Lipinski definition) is 4. The topological polar surface area (TPSA) is 79.4 Å². The highest BCUT2D eigenvalue weighted by atomic mass is 35.5. The molecule has 24 heavy (non-hydrogen) atoms. The number of halogens is 1. The lowest BCUT2D eigenvalue weighted by atomic mass is 10.0. The number of carbonyl (C=O) groups is 1. The van der Waals surface area contributed by atoms with E-state index in [0.29, 0.717) is 35.1 Å². The average molecular weight is 342 g/mol. The van der Waals surface area contributed by atoms with Crippen LogP contribution in [0.1, 0.15) is 12.0 Å². The van der Waals surface area contributed by atoms with E-state index in [1.54, 1.807) is 25.2 Å². The van der Waals surface area contributed by atoms with E-state index in [-0.39, 0.29) is 5.91 Å². The molecule has 1 aromatic carbocycles. The van der Waals surface area contributed by atoms with E-state index in [1.807, 2.05) is 18.2 Å². The summed E-state index contributed by atoms with van der Waals surface area (Å²) in [5, 5.41) is 10.7. The van der Waals surface area contributed by atoms with Gasteiger partial charge < -0.3 is 15.7 Å². The Balaban J connectivity index is 1.92. The molecule has 3 N–H and O–H groups in total. The number of carbonyl (C=O) groups excluding carboxylic acids is 1. The molecule has 3 rings (SSSR count). The quantitative estimate of drug-likeness (QED) is 0.613. The van der Waals surface area contributed by atoms with Crippen molar-refractivity contribution in [3.05, 3.63) is 47.1 Å². The van der Waals surface area contributed by atoms with Crippen LogP contribution in [-0.2, 0) is 4.79 Å². The first-order chi connectivity index (χ1) is 11.4. The first kappa shape index (κ1) is 16.3. The minimum absolute atomic E-state index is 0.307. The number of pyridine rings is 1. The van der Waals surface area contributed by atoms with Gasteiger partial charge in [-0.2, -0.15) is 0 Å². The number of anilines is 1. The largest absolute Gasteiger partial charge is 0.399 e. The van der Waals surface area contributed by atoms with Crippen LogP contribution in [0.25, 0.3) is 11.3 Å². The Morgan fingerprint density at radius 2 is 2.17 bits per heavy atom. The summed E-state index contributed by atoms with van der Waals surface area (Å²) in [5.41, 5.74) is 6.82. The second kappa shape index (κ2) is 6.16. The first-order valence-electron chi connectivity index (χ1n) is 7.42. The van der Waals surface area contributed by atoms with Crippen LogP contribution in [0.5, 0.6) is 0 Å². The van der Waals surface area contributed by atoms with Gasteiger partial charge in [-0.15, -0.1) is 0 Å². The molecule has 0 unspecified atom stereocenters. The average Bonchev–Trinajstić information content (AvgIpc) is 2.81. The molecule has 0 bridgehead atoms. The van der Waals surface area contributed by atoms with E-state index in [1.165, 1.54) is 4.90 Å². The number of likely N-dealkylation sites (tertiary alicyclic amines) is 1. The number of nitrogens with two attached hydrogens (primary N) is 1. The van der Waals surface area contributed by atoms with Crippen molar-refractivity contribution in [1.82, 2.24) is 9.88 Å². The van der Waals surface area contributed by atoms with Crippen LogP contribution in [0.3, 0.4) is 0 Å². The summed E-state index contributed by atoms with van der Waals surface area (Å²) in [6.45, 7) is 0.496. The third-order valence-corrected chi connectivity index (χ3v) is 4.09. The summed E-state index contributed by atoms with van der Waals surface area (Å²) in [5.74, 6) is 5.21. The Morgan fingerprint density at radius 3 is 2.83 bits per heavy atom. The maximum atomic E-state index is 11.9. The fourth-order valence-electron chi connectivity index (χ4n) is 2.57. The molecule has 0 aliphatic carbocycles. The highest BCUT2D eigenvalue weighted by molar-refractivity contribution is 6.29. The van der Waals surface area contributed by atoms with Crippen LogP contribution in [-0.4, -0.2) is 40.1 Å². The number of hydrogen-bond donors (Lipinski definition) is 2. The number of aliphatic hydroxyl groups is 1. The van der Waals surface area contributed by atoms with Crippen LogP contribution in [0.15, 0.2) is 36.4 Å². The van der Waals surface area contributed by atoms with Crippen molar-refractivity contribution >= 4 is 23.2 Å². The molecular weight excluding hydrogens is 326 g/mol. The zero-order valence-electron chi connectivity index (χ0n) is 13.1. The molecule has 1 fully saturated rings. The first-order valence-corrected chi connectivity index (χ1v) is 7.80. The van der Waals surface area contributed by atoms with Crippen LogP contribution in [0.2, 0.25) is 5.15 Å². The van der Waals surface area contributed by atoms with Crippen LogP contribution < -0.4 is 5.73 Å². The third kappa shape index (κ3) is 3.21. The molecule has 0 spiro atoms. The van der Waals surface area contributed by atoms with Gasteiger partial charge in [0.05, 0.1) is 5.69 Å². The van der Waals surface area contributed by atoms with Gasteiger partial charge in [-0.05, 0) is 24.3 Å². The van der Waals surface area contributed by atoms with Gasteiger partial charge in [-0.25, -0.2) is 4.98 Å². The Bertz CT molecular complexity index is 852. The van der Waals surface area contributed by atoms with Crippen molar-refractivity contribution in [2.75, 3.05) is 19.3 Å². The predicted octanol–water partition coefficient (Wildman–Crippen LogP) is 1.93. The second-order valence-electron chi connectivity index (χ2n) is 5.78. The number of nitrogen functional groups attached to an aromatic ring is 1. The Labute approximate surface area is 145 Å². The van der Waals surface area contributed by atoms with Crippen LogP contribution in [0, 0.1) is 11.8 Å². The van der Waals surface area contributed by atoms with E-state index in [0.717, 1.165) is 5.56 Å². The summed E-state index contributed by atoms with van der Waals surface area (Å²) < 4.78 is 0. The molecule has 1 aliphatic heterocycles. The molecule has 2 aromatic rings. The highest BCUT2D eigenvalue weighted by Crippen LogP contribution is 2.24. The van der Waals surface area contributed by atoms with E-state index in [9.17, 15) is 9.90 Å². The van der Waals surface area contributed by atoms with Crippen LogP contribution in [0.4, 0.5) is 5.69 Å². The van der Waals surface area contributed by atoms with Gasteiger partial charge in [0.1, 0.15) is 5.15 Å². The molecule has 122 valence electrons. The number of rotatable bonds is 1. The van der Waals surface area contributed by atoms with Gasteiger partial charge in [0.2, 0.25) is 5.60 Å². The summed E-state index contributed by atoms with van der Waals surface area (Å²) >= 11 is 5.94. The maximum Gasteiger partial charge on any atom is 0.267 e. The lowest BCUT2D eigenvalue weighted by molar-refractivity contribution is -0.137. The zero-order valence-corrected chi connectivity index (χ0v) is 13.8. The summed E-state index contributed by atoms with van der Waals surface area (Å²) in [7, 11) is 1.65. The number of aromatic nitrogens is 1. The molecule has 1 atom stereocenters. The van der Waals surface area contributed by atoms with E-state index < -0.39 is 5.60 Å². The number of likely N-dealkylation sites (N-methyl/N-ethyl adjacent to an activating group) is 1. The van der Waals surface area contributed by atoms with Gasteiger partial charge in [0, 0.05) is 36.8 Å². The van der Waals surface area contributed by atoms with Crippen molar-refractivity contribution in [3.8, 4) is 23.1 Å². The van der Waals surface area contributed by atoms with Gasteiger partial charge in [-0.1, -0.05) is 35.6 Å². The van der Waals surface area contributed by atoms with Crippen LogP contribution >= 0.6 is 11.6 Å². The molecule has 6 heteroatoms. The Hall–Kier alpha value is -2.55. The molecule has 2 heterocycles. The van der Waals surface area contributed by atoms with Gasteiger partial charge in [0.25, 0.3) is 5.91 Å². The molecule has 0 saturated carbocycles. The fourth-order valence-corrected chi connectivity index (χ4v) is 2.78. The summed E-state index contributed by atoms with van der Waals surface area (Å²) in [6.07, 6.45) is 0.307. The Kier molecular flexibility index (Phi) is 4.18. The minimum atomic E-state index is -1.61. The maximum absolute atomic E-state index is 11.9. The molecule has 1 amide bonds. The standard InChI is InChI=1S/C18H16ClN3O2/c1-22-8-7-18(24,17(22)23)6-5-12-3-2-4-13(9-12)15-10-14(20)11-16(19)21-15/h2-4,9-11,24H,7-8H2,1H3,(H2,20,21)/t18-/m0/s1. The molecular formula is C18H16ClN3O2. The molecule has 1 aromatic heterocycles. The van der Waals surface area contributed by atoms with Crippen molar-refractivity contribution in [2.45, 2.75) is 12.0 Å². The number of nitrogens with zero attached hydrogens (tertiary/aromatic N) is 2. The molecule has 5 nitrogen and oxygen atoms in total. The second-order valence-corrected chi connectivity index (χ2v) is 6.16. The van der Waals surface area contributed by atoms with E-state index >= 15 is 0 Å². The van der Waals surface area contributed by atoms with Gasteiger partial charge >= 0.3 is 0 Å².